The average molecular weight is 739 g/mol. The number of ketones is 1. The Morgan fingerprint density at radius 2 is 0.929 bits per heavy atom. The van der Waals surface area contributed by atoms with E-state index >= 15 is 4.79 Å². The van der Waals surface area contributed by atoms with E-state index in [-0.39, 0.29) is 5.78 Å². The molecule has 0 aliphatic heterocycles. The van der Waals surface area contributed by atoms with E-state index in [9.17, 15) is 0 Å². The number of imidazole rings is 2. The summed E-state index contributed by atoms with van der Waals surface area (Å²) in [6.07, 6.45) is 14.2. The second kappa shape index (κ2) is 15.6. The third kappa shape index (κ3) is 7.69. The summed E-state index contributed by atoms with van der Waals surface area (Å²) < 4.78 is 16.0. The first-order valence-corrected chi connectivity index (χ1v) is 18.1. The zero-order valence-electron chi connectivity index (χ0n) is 31.3. The predicted octanol–water partition coefficient (Wildman–Crippen LogP) is 9.10. The molecular formula is C45H38N8O3. The predicted molar refractivity (Wildman–Crippen MR) is 217 cm³/mol. The first-order valence-electron chi connectivity index (χ1n) is 18.1. The summed E-state index contributed by atoms with van der Waals surface area (Å²) >= 11 is 0. The van der Waals surface area contributed by atoms with Crippen LogP contribution in [0.1, 0.15) is 45.2 Å². The van der Waals surface area contributed by atoms with Crippen LogP contribution in [0.3, 0.4) is 0 Å². The fourth-order valence-corrected chi connectivity index (χ4v) is 6.41. The lowest BCUT2D eigenvalue weighted by atomic mass is 9.82. The van der Waals surface area contributed by atoms with Crippen LogP contribution in [0.4, 0.5) is 0 Å². The number of fused-ring (bicyclic) bond motifs is 2. The van der Waals surface area contributed by atoms with Crippen molar-refractivity contribution in [1.82, 2.24) is 39.0 Å². The molecule has 2 unspecified atom stereocenters. The molecule has 4 heterocycles. The van der Waals surface area contributed by atoms with Gasteiger partial charge in [-0.1, -0.05) is 108 Å². The number of aryl methyl sites for hydroxylation is 4. The Bertz CT molecular complexity index is 2510. The van der Waals surface area contributed by atoms with E-state index in [4.69, 9.17) is 9.47 Å². The highest BCUT2D eigenvalue weighted by Gasteiger charge is 2.27. The lowest BCUT2D eigenvalue weighted by molar-refractivity contribution is -0.120. The Labute approximate surface area is 323 Å². The Morgan fingerprint density at radius 1 is 0.536 bits per heavy atom. The van der Waals surface area contributed by atoms with Crippen molar-refractivity contribution in [1.29, 1.82) is 0 Å². The van der Waals surface area contributed by atoms with Gasteiger partial charge in [0.2, 0.25) is 0 Å². The largest absolute Gasteiger partial charge is 0.437 e. The highest BCUT2D eigenvalue weighted by Crippen LogP contribution is 2.34. The average Bonchev–Trinajstić information content (AvgIpc) is 3.80. The van der Waals surface area contributed by atoms with Crippen molar-refractivity contribution < 1.29 is 14.3 Å². The van der Waals surface area contributed by atoms with Crippen molar-refractivity contribution in [3.63, 3.8) is 0 Å². The van der Waals surface area contributed by atoms with Crippen molar-refractivity contribution in [3.05, 3.63) is 168 Å². The van der Waals surface area contributed by atoms with Gasteiger partial charge in [0.05, 0.1) is 24.5 Å². The summed E-state index contributed by atoms with van der Waals surface area (Å²) in [6.45, 7) is 4.11. The first-order chi connectivity index (χ1) is 27.3. The molecule has 8 aromatic rings. The molecule has 0 saturated carbocycles. The molecule has 0 aliphatic carbocycles. The summed E-state index contributed by atoms with van der Waals surface area (Å²) in [5.74, 6) is 0.623. The monoisotopic (exact) mass is 738 g/mol. The third-order valence-corrected chi connectivity index (χ3v) is 9.56. The molecule has 0 radical (unpaired) electrons. The lowest BCUT2D eigenvalue weighted by Crippen LogP contribution is -2.18. The number of carbonyl (C=O) groups is 1. The summed E-state index contributed by atoms with van der Waals surface area (Å²) in [5, 5.41) is 0. The SMILES string of the molecule is Cc1ccc(/C=C/C(C(=O)C(/C=C/c2ccc(C)cc2)c2ccc(Oc3ncnc4c3ncn4C)cc2)c2ccc(Oc3ncnc4c3ncn4C)cc2)cc1. The first kappa shape index (κ1) is 35.7. The molecule has 0 aliphatic rings. The Balaban J connectivity index is 1.13. The van der Waals surface area contributed by atoms with Gasteiger partial charge in [-0.15, -0.1) is 0 Å². The Kier molecular flexibility index (Phi) is 9.96. The molecule has 276 valence electrons. The minimum absolute atomic E-state index is 0.00366. The molecule has 2 atom stereocenters. The van der Waals surface area contributed by atoms with Crippen molar-refractivity contribution in [2.24, 2.45) is 14.1 Å². The topological polar surface area (TPSA) is 123 Å². The zero-order chi connectivity index (χ0) is 38.6. The number of Topliss-reactive ketones (excluding diaryl/α,β-unsaturated/α-hetero) is 1. The van der Waals surface area contributed by atoms with Crippen LogP contribution in [0.2, 0.25) is 0 Å². The maximum atomic E-state index is 15.0. The van der Waals surface area contributed by atoms with Gasteiger partial charge in [-0.2, -0.15) is 9.97 Å². The van der Waals surface area contributed by atoms with Crippen LogP contribution in [-0.2, 0) is 18.9 Å². The van der Waals surface area contributed by atoms with Crippen LogP contribution < -0.4 is 9.47 Å². The number of ether oxygens (including phenoxy) is 2. The second-order valence-electron chi connectivity index (χ2n) is 13.7. The molecule has 11 nitrogen and oxygen atoms in total. The van der Waals surface area contributed by atoms with E-state index in [2.05, 4.69) is 68.0 Å². The van der Waals surface area contributed by atoms with Gasteiger partial charge in [-0.3, -0.25) is 4.79 Å². The fourth-order valence-electron chi connectivity index (χ4n) is 6.41. The standard InChI is InChI=1S/C45H38N8O3/c1-29-5-9-31(10-6-29)13-23-37(33-15-19-35(20-16-33)55-44-39-42(46-25-48-44)52(3)27-50-39)41(54)38(24-14-32-11-7-30(2)8-12-32)34-17-21-36(22-18-34)56-45-40-43(47-26-49-45)53(4)28-51-40/h5-28,37-38H,1-4H3/b23-13+,24-14+. The summed E-state index contributed by atoms with van der Waals surface area (Å²) in [4.78, 5) is 41.1. The zero-order valence-corrected chi connectivity index (χ0v) is 31.3. The lowest BCUT2D eigenvalue weighted by Gasteiger charge is -2.20. The summed E-state index contributed by atoms with van der Waals surface area (Å²) in [5.41, 5.74) is 8.41. The molecule has 0 spiro atoms. The molecule has 4 aromatic carbocycles. The van der Waals surface area contributed by atoms with E-state index in [0.29, 0.717) is 45.6 Å². The van der Waals surface area contributed by atoms with Crippen molar-refractivity contribution in [3.8, 4) is 23.3 Å². The van der Waals surface area contributed by atoms with Crippen LogP contribution in [0, 0.1) is 13.8 Å². The number of allylic oxidation sites excluding steroid dienone is 2. The highest BCUT2D eigenvalue weighted by atomic mass is 16.5. The van der Waals surface area contributed by atoms with Crippen LogP contribution >= 0.6 is 0 Å². The van der Waals surface area contributed by atoms with E-state index in [1.54, 1.807) is 12.7 Å². The van der Waals surface area contributed by atoms with E-state index in [1.807, 2.05) is 120 Å². The molecule has 0 saturated heterocycles. The maximum Gasteiger partial charge on any atom is 0.250 e. The van der Waals surface area contributed by atoms with Gasteiger partial charge in [-0.05, 0) is 60.4 Å². The molecule has 0 amide bonds. The van der Waals surface area contributed by atoms with Gasteiger partial charge in [0.1, 0.15) is 24.2 Å². The van der Waals surface area contributed by atoms with E-state index in [0.717, 1.165) is 33.4 Å². The molecule has 8 rings (SSSR count). The minimum atomic E-state index is -0.603. The Hall–Kier alpha value is -7.27. The Morgan fingerprint density at radius 3 is 1.32 bits per heavy atom. The van der Waals surface area contributed by atoms with Gasteiger partial charge in [0.15, 0.2) is 28.1 Å². The van der Waals surface area contributed by atoms with Crippen LogP contribution in [0.25, 0.3) is 34.5 Å². The molecule has 56 heavy (non-hydrogen) atoms. The maximum absolute atomic E-state index is 15.0. The smallest absolute Gasteiger partial charge is 0.250 e. The molecule has 0 fully saturated rings. The van der Waals surface area contributed by atoms with E-state index < -0.39 is 11.8 Å². The fraction of sp³-hybridized carbons (Fsp3) is 0.133. The number of aromatic nitrogens is 8. The van der Waals surface area contributed by atoms with Gasteiger partial charge in [0, 0.05) is 14.1 Å². The highest BCUT2D eigenvalue weighted by molar-refractivity contribution is 5.96. The number of hydrogen-bond donors (Lipinski definition) is 0. The number of carbonyl (C=O) groups excluding carboxylic acids is 1. The quantitative estimate of drug-likeness (QED) is 0.121. The molecular weight excluding hydrogens is 701 g/mol. The minimum Gasteiger partial charge on any atom is -0.437 e. The number of nitrogens with zero attached hydrogens (tertiary/aromatic N) is 8. The number of benzene rings is 4. The molecule has 4 aromatic heterocycles. The molecule has 0 N–H and O–H groups in total. The van der Waals surface area contributed by atoms with Gasteiger partial charge >= 0.3 is 0 Å². The van der Waals surface area contributed by atoms with Crippen LogP contribution in [0.15, 0.2) is 135 Å². The van der Waals surface area contributed by atoms with Crippen molar-refractivity contribution in [2.45, 2.75) is 25.7 Å². The van der Waals surface area contributed by atoms with Gasteiger partial charge in [0.25, 0.3) is 11.8 Å². The van der Waals surface area contributed by atoms with Gasteiger partial charge < -0.3 is 18.6 Å². The van der Waals surface area contributed by atoms with Crippen LogP contribution in [-0.4, -0.2) is 44.8 Å². The van der Waals surface area contributed by atoms with Crippen molar-refractivity contribution >= 4 is 40.3 Å². The summed E-state index contributed by atoms with van der Waals surface area (Å²) in [7, 11) is 3.74. The normalized spacial score (nSPS) is 12.8. The molecule has 0 bridgehead atoms. The second-order valence-corrected chi connectivity index (χ2v) is 13.7. The third-order valence-electron chi connectivity index (χ3n) is 9.56. The number of hydrogen-bond acceptors (Lipinski definition) is 9. The summed E-state index contributed by atoms with van der Waals surface area (Å²) in [6, 6.07) is 31.5. The molecule has 11 heteroatoms. The van der Waals surface area contributed by atoms with Gasteiger partial charge in [-0.25, -0.2) is 19.9 Å². The van der Waals surface area contributed by atoms with E-state index in [1.165, 1.54) is 12.7 Å². The van der Waals surface area contributed by atoms with Crippen LogP contribution in [0.5, 0.6) is 23.3 Å². The van der Waals surface area contributed by atoms with Crippen molar-refractivity contribution in [2.75, 3.05) is 0 Å². The number of rotatable bonds is 12.